The van der Waals surface area contributed by atoms with E-state index in [0.717, 1.165) is 22.0 Å². The molecule has 0 aliphatic heterocycles. The Labute approximate surface area is 110 Å². The van der Waals surface area contributed by atoms with Crippen molar-refractivity contribution in [2.75, 3.05) is 0 Å². The molecule has 4 heteroatoms. The standard InChI is InChI=1S/C15H11N3O/c1-9-3-10(2)14-12(4-9)6-13(15(19)18-14)5-11(7-16)8-17/h3-6H,1-2H3,(H,18,19). The fourth-order valence-electron chi connectivity index (χ4n) is 2.06. The Morgan fingerprint density at radius 3 is 2.53 bits per heavy atom. The van der Waals surface area contributed by atoms with Crippen molar-refractivity contribution in [3.8, 4) is 12.1 Å². The average Bonchev–Trinajstić information content (AvgIpc) is 2.37. The molecule has 0 spiro atoms. The molecule has 0 unspecified atom stereocenters. The number of allylic oxidation sites excluding steroid dienone is 1. The summed E-state index contributed by atoms with van der Waals surface area (Å²) in [5.41, 5.74) is 2.78. The third kappa shape index (κ3) is 2.38. The van der Waals surface area contributed by atoms with Gasteiger partial charge in [-0.05, 0) is 43.0 Å². The Morgan fingerprint density at radius 2 is 1.89 bits per heavy atom. The fraction of sp³-hybridized carbons (Fsp3) is 0.133. The second-order valence-corrected chi connectivity index (χ2v) is 4.38. The molecule has 4 nitrogen and oxygen atoms in total. The van der Waals surface area contributed by atoms with Crippen LogP contribution in [0.15, 0.2) is 28.6 Å². The molecule has 0 fully saturated rings. The number of nitriles is 2. The number of pyridine rings is 1. The zero-order valence-corrected chi connectivity index (χ0v) is 10.6. The van der Waals surface area contributed by atoms with Crippen LogP contribution in [0.25, 0.3) is 17.0 Å². The maximum absolute atomic E-state index is 11.9. The second kappa shape index (κ2) is 4.80. The summed E-state index contributed by atoms with van der Waals surface area (Å²) in [7, 11) is 0. The lowest BCUT2D eigenvalue weighted by Crippen LogP contribution is -2.10. The Hall–Kier alpha value is -2.85. The van der Waals surface area contributed by atoms with E-state index in [2.05, 4.69) is 4.98 Å². The summed E-state index contributed by atoms with van der Waals surface area (Å²) < 4.78 is 0. The normalized spacial score (nSPS) is 9.68. The monoisotopic (exact) mass is 249 g/mol. The lowest BCUT2D eigenvalue weighted by Gasteiger charge is -2.05. The van der Waals surface area contributed by atoms with E-state index >= 15 is 0 Å². The molecule has 0 saturated carbocycles. The third-order valence-electron chi connectivity index (χ3n) is 2.86. The van der Waals surface area contributed by atoms with Crippen LogP contribution in [0.3, 0.4) is 0 Å². The molecule has 0 aliphatic rings. The molecule has 1 N–H and O–H groups in total. The van der Waals surface area contributed by atoms with Crippen molar-refractivity contribution >= 4 is 17.0 Å². The van der Waals surface area contributed by atoms with Gasteiger partial charge in [-0.3, -0.25) is 4.79 Å². The number of rotatable bonds is 1. The van der Waals surface area contributed by atoms with Gasteiger partial charge in [-0.25, -0.2) is 0 Å². The van der Waals surface area contributed by atoms with Gasteiger partial charge in [0.25, 0.3) is 5.56 Å². The zero-order valence-electron chi connectivity index (χ0n) is 10.6. The lowest BCUT2D eigenvalue weighted by atomic mass is 10.0. The molecule has 0 aliphatic carbocycles. The van der Waals surface area contributed by atoms with E-state index < -0.39 is 0 Å². The molecule has 0 bridgehead atoms. The van der Waals surface area contributed by atoms with Crippen LogP contribution in [-0.4, -0.2) is 4.98 Å². The summed E-state index contributed by atoms with van der Waals surface area (Å²) in [5, 5.41) is 18.3. The first kappa shape index (κ1) is 12.6. The Kier molecular flexibility index (Phi) is 3.18. The first-order chi connectivity index (χ1) is 9.05. The third-order valence-corrected chi connectivity index (χ3v) is 2.86. The molecular weight excluding hydrogens is 238 g/mol. The van der Waals surface area contributed by atoms with Crippen molar-refractivity contribution in [2.24, 2.45) is 0 Å². The SMILES string of the molecule is Cc1cc(C)c2[nH]c(=O)c(C=C(C#N)C#N)cc2c1. The van der Waals surface area contributed by atoms with E-state index in [0.29, 0.717) is 5.56 Å². The van der Waals surface area contributed by atoms with Crippen molar-refractivity contribution in [3.05, 3.63) is 50.8 Å². The molecule has 0 saturated heterocycles. The van der Waals surface area contributed by atoms with Crippen LogP contribution in [0.1, 0.15) is 16.7 Å². The summed E-state index contributed by atoms with van der Waals surface area (Å²) in [6.07, 6.45) is 1.30. The lowest BCUT2D eigenvalue weighted by molar-refractivity contribution is 1.26. The molecule has 0 radical (unpaired) electrons. The maximum atomic E-state index is 11.9. The molecule has 0 atom stereocenters. The predicted octanol–water partition coefficient (Wildman–Crippen LogP) is 2.58. The Bertz CT molecular complexity index is 813. The van der Waals surface area contributed by atoms with E-state index in [1.807, 2.05) is 26.0 Å². The first-order valence-electron chi connectivity index (χ1n) is 5.71. The molecule has 1 aromatic heterocycles. The minimum absolute atomic E-state index is 0.0887. The largest absolute Gasteiger partial charge is 0.321 e. The van der Waals surface area contributed by atoms with Crippen molar-refractivity contribution < 1.29 is 0 Å². The number of nitrogens with zero attached hydrogens (tertiary/aromatic N) is 2. The van der Waals surface area contributed by atoms with Gasteiger partial charge in [0.1, 0.15) is 17.7 Å². The predicted molar refractivity (Wildman–Crippen MR) is 73.2 cm³/mol. The minimum atomic E-state index is -0.303. The first-order valence-corrected chi connectivity index (χ1v) is 5.71. The van der Waals surface area contributed by atoms with Crippen molar-refractivity contribution in [2.45, 2.75) is 13.8 Å². The van der Waals surface area contributed by atoms with E-state index in [1.54, 1.807) is 18.2 Å². The number of hydrogen-bond acceptors (Lipinski definition) is 3. The molecular formula is C15H11N3O. The fourth-order valence-corrected chi connectivity index (χ4v) is 2.06. The molecule has 1 aromatic carbocycles. The van der Waals surface area contributed by atoms with E-state index in [1.165, 1.54) is 6.08 Å². The van der Waals surface area contributed by atoms with Gasteiger partial charge >= 0.3 is 0 Å². The van der Waals surface area contributed by atoms with E-state index in [-0.39, 0.29) is 11.1 Å². The second-order valence-electron chi connectivity index (χ2n) is 4.38. The molecule has 19 heavy (non-hydrogen) atoms. The highest BCUT2D eigenvalue weighted by molar-refractivity contribution is 5.84. The zero-order chi connectivity index (χ0) is 14.0. The van der Waals surface area contributed by atoms with Crippen molar-refractivity contribution in [1.29, 1.82) is 10.5 Å². The molecule has 0 amide bonds. The number of hydrogen-bond donors (Lipinski definition) is 1. The van der Waals surface area contributed by atoms with Crippen molar-refractivity contribution in [1.82, 2.24) is 4.98 Å². The molecule has 2 rings (SSSR count). The summed E-state index contributed by atoms with van der Waals surface area (Å²) >= 11 is 0. The average molecular weight is 249 g/mol. The number of H-pyrrole nitrogens is 1. The molecule has 1 heterocycles. The van der Waals surface area contributed by atoms with E-state index in [4.69, 9.17) is 10.5 Å². The topological polar surface area (TPSA) is 80.4 Å². The van der Waals surface area contributed by atoms with Gasteiger partial charge in [-0.15, -0.1) is 0 Å². The van der Waals surface area contributed by atoms with Crippen LogP contribution >= 0.6 is 0 Å². The van der Waals surface area contributed by atoms with Crippen LogP contribution in [-0.2, 0) is 0 Å². The summed E-state index contributed by atoms with van der Waals surface area (Å²) in [5.74, 6) is 0. The number of benzene rings is 1. The molecule has 2 aromatic rings. The van der Waals surface area contributed by atoms with Gasteiger partial charge in [0.15, 0.2) is 0 Å². The van der Waals surface area contributed by atoms with Crippen LogP contribution in [0, 0.1) is 36.5 Å². The quantitative estimate of drug-likeness (QED) is 0.788. The van der Waals surface area contributed by atoms with Gasteiger partial charge in [-0.1, -0.05) is 11.6 Å². The van der Waals surface area contributed by atoms with Gasteiger partial charge in [0.05, 0.1) is 5.52 Å². The smallest absolute Gasteiger partial charge is 0.255 e. The number of nitrogens with one attached hydrogen (secondary N) is 1. The van der Waals surface area contributed by atoms with Crippen LogP contribution in [0.5, 0.6) is 0 Å². The number of aryl methyl sites for hydroxylation is 2. The summed E-state index contributed by atoms with van der Waals surface area (Å²) in [6, 6.07) is 9.13. The van der Waals surface area contributed by atoms with Crippen LogP contribution in [0.2, 0.25) is 0 Å². The Morgan fingerprint density at radius 1 is 1.21 bits per heavy atom. The van der Waals surface area contributed by atoms with Crippen molar-refractivity contribution in [3.63, 3.8) is 0 Å². The summed E-state index contributed by atoms with van der Waals surface area (Å²) in [4.78, 5) is 14.7. The molecule has 92 valence electrons. The highest BCUT2D eigenvalue weighted by atomic mass is 16.1. The minimum Gasteiger partial charge on any atom is -0.321 e. The van der Waals surface area contributed by atoms with E-state index in [9.17, 15) is 4.79 Å². The Balaban J connectivity index is 2.77. The number of aromatic nitrogens is 1. The highest BCUT2D eigenvalue weighted by Gasteiger charge is 2.05. The summed E-state index contributed by atoms with van der Waals surface area (Å²) in [6.45, 7) is 3.90. The van der Waals surface area contributed by atoms with Gasteiger partial charge in [-0.2, -0.15) is 10.5 Å². The number of aromatic amines is 1. The number of fused-ring (bicyclic) bond motifs is 1. The van der Waals surface area contributed by atoms with Gasteiger partial charge in [0.2, 0.25) is 0 Å². The highest BCUT2D eigenvalue weighted by Crippen LogP contribution is 2.18. The van der Waals surface area contributed by atoms with Crippen LogP contribution < -0.4 is 5.56 Å². The van der Waals surface area contributed by atoms with Gasteiger partial charge in [0, 0.05) is 5.56 Å². The van der Waals surface area contributed by atoms with Gasteiger partial charge < -0.3 is 4.98 Å². The maximum Gasteiger partial charge on any atom is 0.255 e. The van der Waals surface area contributed by atoms with Crippen LogP contribution in [0.4, 0.5) is 0 Å².